The number of aromatic hydroxyl groups is 1. The summed E-state index contributed by atoms with van der Waals surface area (Å²) in [5, 5.41) is 8.62. The molecule has 14 heavy (non-hydrogen) atoms. The maximum absolute atomic E-state index is 12.9. The van der Waals surface area contributed by atoms with Crippen LogP contribution in [0.3, 0.4) is 0 Å². The maximum Gasteiger partial charge on any atom is 0.203 e. The number of hydrogen-bond donors (Lipinski definition) is 1. The average molecular weight is 225 g/mol. The molecule has 0 saturated carbocycles. The van der Waals surface area contributed by atoms with Crippen LogP contribution in [0.1, 0.15) is 25.3 Å². The van der Waals surface area contributed by atoms with Gasteiger partial charge in [-0.25, -0.2) is 8.78 Å². The van der Waals surface area contributed by atoms with Gasteiger partial charge in [0.05, 0.1) is 5.02 Å². The molecule has 0 aliphatic carbocycles. The molecular weight excluding hydrogens is 217 g/mol. The molecule has 5 heteroatoms. The molecule has 1 rings (SSSR count). The van der Waals surface area contributed by atoms with Gasteiger partial charge in [0.15, 0.2) is 17.4 Å². The van der Waals surface area contributed by atoms with Crippen LogP contribution in [-0.4, -0.2) is 5.11 Å². The highest BCUT2D eigenvalue weighted by molar-refractivity contribution is 6.31. The molecule has 0 unspecified atom stereocenters. The van der Waals surface area contributed by atoms with Gasteiger partial charge in [0.1, 0.15) is 0 Å². The Kier molecular flexibility index (Phi) is 2.95. The van der Waals surface area contributed by atoms with Crippen LogP contribution in [0, 0.1) is 17.5 Å². The van der Waals surface area contributed by atoms with Crippen molar-refractivity contribution >= 4 is 11.6 Å². The summed E-state index contributed by atoms with van der Waals surface area (Å²) in [5.74, 6) is -6.14. The zero-order chi connectivity index (χ0) is 11.0. The monoisotopic (exact) mass is 224 g/mol. The maximum atomic E-state index is 12.9. The third-order valence-corrected chi connectivity index (χ3v) is 2.22. The van der Waals surface area contributed by atoms with Crippen LogP contribution in [0.25, 0.3) is 0 Å². The third-order valence-electron chi connectivity index (χ3n) is 1.85. The zero-order valence-corrected chi connectivity index (χ0v) is 8.29. The highest BCUT2D eigenvalue weighted by Crippen LogP contribution is 2.37. The quantitative estimate of drug-likeness (QED) is 0.571. The first-order valence-electron chi connectivity index (χ1n) is 3.92. The molecule has 0 heterocycles. The SMILES string of the molecule is CC(C)c1c(O)c(F)c(F)c(F)c1Cl. The van der Waals surface area contributed by atoms with Crippen LogP contribution in [0.15, 0.2) is 0 Å². The molecule has 0 atom stereocenters. The summed E-state index contributed by atoms with van der Waals surface area (Å²) in [6, 6.07) is 0. The topological polar surface area (TPSA) is 20.2 Å². The van der Waals surface area contributed by atoms with Gasteiger partial charge in [0, 0.05) is 5.56 Å². The molecule has 0 aliphatic rings. The fraction of sp³-hybridized carbons (Fsp3) is 0.333. The van der Waals surface area contributed by atoms with E-state index in [1.54, 1.807) is 13.8 Å². The lowest BCUT2D eigenvalue weighted by molar-refractivity contribution is 0.379. The minimum Gasteiger partial charge on any atom is -0.505 e. The van der Waals surface area contributed by atoms with Crippen molar-refractivity contribution in [1.82, 2.24) is 0 Å². The molecule has 1 N–H and O–H groups in total. The standard InChI is InChI=1S/C9H8ClF3O/c1-3(2)4-5(10)6(11)7(12)8(13)9(4)14/h3,14H,1-2H3. The molecule has 0 spiro atoms. The van der Waals surface area contributed by atoms with E-state index in [9.17, 15) is 18.3 Å². The molecule has 0 radical (unpaired) electrons. The second-order valence-electron chi connectivity index (χ2n) is 3.17. The molecular formula is C9H8ClF3O. The highest BCUT2D eigenvalue weighted by Gasteiger charge is 2.24. The Balaban J connectivity index is 3.60. The van der Waals surface area contributed by atoms with Crippen molar-refractivity contribution in [2.75, 3.05) is 0 Å². The summed E-state index contributed by atoms with van der Waals surface area (Å²) < 4.78 is 38.5. The average Bonchev–Trinajstić information content (AvgIpc) is 2.11. The van der Waals surface area contributed by atoms with Crippen LogP contribution in [0.5, 0.6) is 5.75 Å². The summed E-state index contributed by atoms with van der Waals surface area (Å²) >= 11 is 5.43. The normalized spacial score (nSPS) is 11.1. The van der Waals surface area contributed by atoms with E-state index < -0.39 is 34.1 Å². The number of halogens is 4. The Morgan fingerprint density at radius 3 is 2.00 bits per heavy atom. The minimum atomic E-state index is -1.75. The largest absolute Gasteiger partial charge is 0.505 e. The summed E-state index contributed by atoms with van der Waals surface area (Å²) in [6.45, 7) is 3.16. The fourth-order valence-electron chi connectivity index (χ4n) is 1.16. The van der Waals surface area contributed by atoms with Gasteiger partial charge in [-0.3, -0.25) is 0 Å². The van der Waals surface area contributed by atoms with Crippen LogP contribution in [-0.2, 0) is 0 Å². The Labute approximate surface area is 84.1 Å². The predicted molar refractivity (Wildman–Crippen MR) is 47.1 cm³/mol. The first-order valence-corrected chi connectivity index (χ1v) is 4.30. The lowest BCUT2D eigenvalue weighted by atomic mass is 10.0. The van der Waals surface area contributed by atoms with Gasteiger partial charge in [-0.2, -0.15) is 4.39 Å². The lowest BCUT2D eigenvalue weighted by Crippen LogP contribution is -2.00. The van der Waals surface area contributed by atoms with E-state index >= 15 is 0 Å². The molecule has 1 nitrogen and oxygen atoms in total. The van der Waals surface area contributed by atoms with Gasteiger partial charge < -0.3 is 5.11 Å². The van der Waals surface area contributed by atoms with Crippen molar-refractivity contribution in [2.24, 2.45) is 0 Å². The minimum absolute atomic E-state index is 0.122. The molecule has 0 fully saturated rings. The molecule has 0 saturated heterocycles. The van der Waals surface area contributed by atoms with Gasteiger partial charge in [0.25, 0.3) is 0 Å². The zero-order valence-electron chi connectivity index (χ0n) is 7.54. The Morgan fingerprint density at radius 1 is 1.07 bits per heavy atom. The smallest absolute Gasteiger partial charge is 0.203 e. The number of hydrogen-bond acceptors (Lipinski definition) is 1. The molecule has 0 amide bonds. The van der Waals surface area contributed by atoms with Gasteiger partial charge in [-0.15, -0.1) is 0 Å². The number of phenols is 1. The summed E-state index contributed by atoms with van der Waals surface area (Å²) in [6.07, 6.45) is 0. The second kappa shape index (κ2) is 3.69. The number of phenolic OH excluding ortho intramolecular Hbond substituents is 1. The Morgan fingerprint density at radius 2 is 1.57 bits per heavy atom. The van der Waals surface area contributed by atoms with Crippen molar-refractivity contribution in [2.45, 2.75) is 19.8 Å². The summed E-state index contributed by atoms with van der Waals surface area (Å²) in [5.41, 5.74) is -0.122. The number of benzene rings is 1. The third kappa shape index (κ3) is 1.54. The predicted octanol–water partition coefficient (Wildman–Crippen LogP) is 3.59. The number of rotatable bonds is 1. The highest BCUT2D eigenvalue weighted by atomic mass is 35.5. The molecule has 78 valence electrons. The van der Waals surface area contributed by atoms with Gasteiger partial charge >= 0.3 is 0 Å². The lowest BCUT2D eigenvalue weighted by Gasteiger charge is -2.12. The Bertz CT molecular complexity index is 348. The van der Waals surface area contributed by atoms with Crippen molar-refractivity contribution in [3.05, 3.63) is 28.0 Å². The molecule has 1 aromatic carbocycles. The van der Waals surface area contributed by atoms with Crippen LogP contribution in [0.2, 0.25) is 5.02 Å². The van der Waals surface area contributed by atoms with Crippen LogP contribution >= 0.6 is 11.6 Å². The van der Waals surface area contributed by atoms with E-state index in [2.05, 4.69) is 0 Å². The van der Waals surface area contributed by atoms with Gasteiger partial charge in [0.2, 0.25) is 5.82 Å². The first kappa shape index (κ1) is 11.2. The van der Waals surface area contributed by atoms with E-state index in [4.69, 9.17) is 11.6 Å². The van der Waals surface area contributed by atoms with Crippen molar-refractivity contribution in [3.63, 3.8) is 0 Å². The van der Waals surface area contributed by atoms with Crippen LogP contribution < -0.4 is 0 Å². The molecule has 1 aromatic rings. The van der Waals surface area contributed by atoms with Gasteiger partial charge in [-0.05, 0) is 5.92 Å². The molecule has 0 aromatic heterocycles. The summed E-state index contributed by atoms with van der Waals surface area (Å²) in [7, 11) is 0. The van der Waals surface area contributed by atoms with E-state index in [1.165, 1.54) is 0 Å². The van der Waals surface area contributed by atoms with Crippen molar-refractivity contribution in [1.29, 1.82) is 0 Å². The van der Waals surface area contributed by atoms with E-state index in [1.807, 2.05) is 0 Å². The van der Waals surface area contributed by atoms with E-state index in [0.29, 0.717) is 0 Å². The van der Waals surface area contributed by atoms with E-state index in [0.717, 1.165) is 0 Å². The molecule has 0 aliphatic heterocycles. The fourth-order valence-corrected chi connectivity index (χ4v) is 1.55. The Hall–Kier alpha value is -0.900. The summed E-state index contributed by atoms with van der Waals surface area (Å²) in [4.78, 5) is 0. The van der Waals surface area contributed by atoms with Crippen LogP contribution in [0.4, 0.5) is 13.2 Å². The molecule has 0 bridgehead atoms. The first-order chi connectivity index (χ1) is 6.37. The van der Waals surface area contributed by atoms with Crippen molar-refractivity contribution < 1.29 is 18.3 Å². The second-order valence-corrected chi connectivity index (χ2v) is 3.55. The van der Waals surface area contributed by atoms with Gasteiger partial charge in [-0.1, -0.05) is 25.4 Å². The van der Waals surface area contributed by atoms with Crippen molar-refractivity contribution in [3.8, 4) is 5.75 Å². The van der Waals surface area contributed by atoms with E-state index in [-0.39, 0.29) is 5.56 Å².